The summed E-state index contributed by atoms with van der Waals surface area (Å²) in [6, 6.07) is 6.84. The van der Waals surface area contributed by atoms with Crippen molar-refractivity contribution in [1.82, 2.24) is 0 Å². The lowest BCUT2D eigenvalue weighted by molar-refractivity contribution is -0.143. The number of ketones is 1. The molecule has 0 radical (unpaired) electrons. The third kappa shape index (κ3) is 8.64. The molecule has 1 amide bonds. The van der Waals surface area contributed by atoms with E-state index in [0.29, 0.717) is 24.1 Å². The third-order valence-electron chi connectivity index (χ3n) is 5.66. The molecule has 0 aromatic heterocycles. The number of carbonyl (C=O) groups excluding carboxylic acids is 3. The zero-order valence-corrected chi connectivity index (χ0v) is 19.0. The zero-order chi connectivity index (χ0) is 22.5. The standard InChI is InChI=1S/C25H36N2O4/c1-3-5-8-14-23(28)31-27-22(13-6-4-2)24(29)19-15-17-21(18-16-19)26-25(30)20-11-9-7-10-12-20/h15-18,20H,3-14H2,1-2H3,(H,26,30)/b27-22+. The van der Waals surface area contributed by atoms with Crippen LogP contribution in [0.5, 0.6) is 0 Å². The summed E-state index contributed by atoms with van der Waals surface area (Å²) in [4.78, 5) is 42.2. The van der Waals surface area contributed by atoms with Crippen molar-refractivity contribution < 1.29 is 19.2 Å². The number of unbranched alkanes of at least 4 members (excludes halogenated alkanes) is 3. The van der Waals surface area contributed by atoms with Crippen LogP contribution < -0.4 is 5.32 Å². The van der Waals surface area contributed by atoms with Gasteiger partial charge in [-0.3, -0.25) is 9.59 Å². The number of hydrogen-bond donors (Lipinski definition) is 1. The van der Waals surface area contributed by atoms with Crippen LogP contribution in [0.15, 0.2) is 29.4 Å². The molecular formula is C25H36N2O4. The van der Waals surface area contributed by atoms with Gasteiger partial charge in [-0.15, -0.1) is 0 Å². The Morgan fingerprint density at radius 3 is 2.26 bits per heavy atom. The number of hydrogen-bond acceptors (Lipinski definition) is 5. The summed E-state index contributed by atoms with van der Waals surface area (Å²) in [5.41, 5.74) is 1.40. The molecule has 31 heavy (non-hydrogen) atoms. The van der Waals surface area contributed by atoms with Gasteiger partial charge in [0.1, 0.15) is 5.71 Å². The number of carbonyl (C=O) groups is 3. The van der Waals surface area contributed by atoms with Crippen LogP contribution >= 0.6 is 0 Å². The zero-order valence-electron chi connectivity index (χ0n) is 19.0. The molecule has 1 N–H and O–H groups in total. The van der Waals surface area contributed by atoms with Crippen LogP contribution in [0.25, 0.3) is 0 Å². The number of nitrogens with one attached hydrogen (secondary N) is 1. The van der Waals surface area contributed by atoms with Crippen LogP contribution in [0.1, 0.15) is 101 Å². The van der Waals surface area contributed by atoms with Crippen molar-refractivity contribution in [3.05, 3.63) is 29.8 Å². The van der Waals surface area contributed by atoms with Gasteiger partial charge in [-0.1, -0.05) is 57.5 Å². The SMILES string of the molecule is CCCCCC(=O)O/N=C(\CCCC)C(=O)c1ccc(NC(=O)C2CCCCC2)cc1. The molecule has 6 heteroatoms. The van der Waals surface area contributed by atoms with Crippen LogP contribution in [0.3, 0.4) is 0 Å². The van der Waals surface area contributed by atoms with Crippen molar-refractivity contribution in [1.29, 1.82) is 0 Å². The maximum Gasteiger partial charge on any atom is 0.335 e. The maximum absolute atomic E-state index is 12.9. The average molecular weight is 429 g/mol. The highest BCUT2D eigenvalue weighted by atomic mass is 16.7. The molecule has 0 bridgehead atoms. The fourth-order valence-electron chi connectivity index (χ4n) is 3.70. The fraction of sp³-hybridized carbons (Fsp3) is 0.600. The van der Waals surface area contributed by atoms with Crippen LogP contribution in [0.2, 0.25) is 0 Å². The molecule has 1 aromatic rings. The van der Waals surface area contributed by atoms with Gasteiger partial charge in [0.2, 0.25) is 11.7 Å². The molecule has 170 valence electrons. The summed E-state index contributed by atoms with van der Waals surface area (Å²) in [6.07, 6.45) is 10.5. The summed E-state index contributed by atoms with van der Waals surface area (Å²) in [6.45, 7) is 4.10. The van der Waals surface area contributed by atoms with Crippen molar-refractivity contribution in [3.8, 4) is 0 Å². The van der Waals surface area contributed by atoms with Crippen molar-refractivity contribution in [2.24, 2.45) is 11.1 Å². The highest BCUT2D eigenvalue weighted by Crippen LogP contribution is 2.25. The summed E-state index contributed by atoms with van der Waals surface area (Å²) < 4.78 is 0. The van der Waals surface area contributed by atoms with E-state index in [9.17, 15) is 14.4 Å². The molecule has 1 fully saturated rings. The summed E-state index contributed by atoms with van der Waals surface area (Å²) in [7, 11) is 0. The molecule has 0 atom stereocenters. The van der Waals surface area contributed by atoms with Crippen molar-refractivity contribution >= 4 is 29.1 Å². The summed E-state index contributed by atoms with van der Waals surface area (Å²) in [5.74, 6) is -0.523. The van der Waals surface area contributed by atoms with E-state index in [1.54, 1.807) is 24.3 Å². The number of rotatable bonds is 12. The van der Waals surface area contributed by atoms with Crippen molar-refractivity contribution in [3.63, 3.8) is 0 Å². The molecule has 0 spiro atoms. The van der Waals surface area contributed by atoms with Crippen molar-refractivity contribution in [2.75, 3.05) is 5.32 Å². The van der Waals surface area contributed by atoms with E-state index in [4.69, 9.17) is 4.84 Å². The first-order valence-corrected chi connectivity index (χ1v) is 11.8. The Morgan fingerprint density at radius 2 is 1.61 bits per heavy atom. The lowest BCUT2D eigenvalue weighted by Crippen LogP contribution is -2.24. The lowest BCUT2D eigenvalue weighted by Gasteiger charge is -2.20. The van der Waals surface area contributed by atoms with E-state index in [1.165, 1.54) is 6.42 Å². The maximum atomic E-state index is 12.9. The quantitative estimate of drug-likeness (QED) is 0.144. The van der Waals surface area contributed by atoms with Crippen molar-refractivity contribution in [2.45, 2.75) is 90.9 Å². The molecule has 0 heterocycles. The topological polar surface area (TPSA) is 84.8 Å². The second-order valence-electron chi connectivity index (χ2n) is 8.29. The number of oxime groups is 1. The highest BCUT2D eigenvalue weighted by Gasteiger charge is 2.21. The van der Waals surface area contributed by atoms with Crippen LogP contribution in [-0.4, -0.2) is 23.4 Å². The fourth-order valence-corrected chi connectivity index (χ4v) is 3.70. The minimum atomic E-state index is -0.406. The first-order chi connectivity index (χ1) is 15.0. The van der Waals surface area contributed by atoms with Gasteiger partial charge in [-0.25, -0.2) is 4.79 Å². The molecular weight excluding hydrogens is 392 g/mol. The molecule has 0 aliphatic heterocycles. The number of anilines is 1. The monoisotopic (exact) mass is 428 g/mol. The smallest absolute Gasteiger partial charge is 0.326 e. The first kappa shape index (κ1) is 24.8. The van der Waals surface area contributed by atoms with E-state index < -0.39 is 5.97 Å². The van der Waals surface area contributed by atoms with Gasteiger partial charge in [0.25, 0.3) is 0 Å². The van der Waals surface area contributed by atoms with Crippen LogP contribution in [0, 0.1) is 5.92 Å². The molecule has 1 aliphatic carbocycles. The predicted octanol–water partition coefficient (Wildman–Crippen LogP) is 6.06. The number of amides is 1. The Balaban J connectivity index is 1.98. The third-order valence-corrected chi connectivity index (χ3v) is 5.66. The summed E-state index contributed by atoms with van der Waals surface area (Å²) >= 11 is 0. The van der Waals surface area contributed by atoms with Gasteiger partial charge in [0.15, 0.2) is 0 Å². The van der Waals surface area contributed by atoms with Gasteiger partial charge in [-0.2, -0.15) is 0 Å². The second kappa shape index (κ2) is 13.7. The van der Waals surface area contributed by atoms with E-state index >= 15 is 0 Å². The Hall–Kier alpha value is -2.50. The van der Waals surface area contributed by atoms with E-state index in [-0.39, 0.29) is 23.3 Å². The van der Waals surface area contributed by atoms with Gasteiger partial charge in [0, 0.05) is 23.6 Å². The van der Waals surface area contributed by atoms with Gasteiger partial charge < -0.3 is 10.2 Å². The Morgan fingerprint density at radius 1 is 0.935 bits per heavy atom. The van der Waals surface area contributed by atoms with E-state index in [1.807, 2.05) is 6.92 Å². The molecule has 6 nitrogen and oxygen atoms in total. The highest BCUT2D eigenvalue weighted by molar-refractivity contribution is 6.45. The average Bonchev–Trinajstić information content (AvgIpc) is 2.80. The molecule has 1 saturated carbocycles. The minimum Gasteiger partial charge on any atom is -0.326 e. The van der Waals surface area contributed by atoms with E-state index in [2.05, 4.69) is 17.4 Å². The summed E-state index contributed by atoms with van der Waals surface area (Å²) in [5, 5.41) is 6.85. The second-order valence-corrected chi connectivity index (χ2v) is 8.29. The molecule has 1 aromatic carbocycles. The molecule has 0 unspecified atom stereocenters. The normalized spacial score (nSPS) is 14.8. The largest absolute Gasteiger partial charge is 0.335 e. The first-order valence-electron chi connectivity index (χ1n) is 11.8. The molecule has 0 saturated heterocycles. The van der Waals surface area contributed by atoms with Gasteiger partial charge in [-0.05, 0) is 56.4 Å². The van der Waals surface area contributed by atoms with E-state index in [0.717, 1.165) is 57.8 Å². The van der Waals surface area contributed by atoms with Crippen LogP contribution in [-0.2, 0) is 14.4 Å². The van der Waals surface area contributed by atoms with Gasteiger partial charge >= 0.3 is 5.97 Å². The predicted molar refractivity (Wildman–Crippen MR) is 123 cm³/mol. The molecule has 1 aliphatic rings. The van der Waals surface area contributed by atoms with Gasteiger partial charge in [0.05, 0.1) is 0 Å². The number of benzene rings is 1. The molecule has 2 rings (SSSR count). The number of Topliss-reactive ketones (excluding diaryl/α,β-unsaturated/α-hetero) is 1. The Labute approximate surface area is 185 Å². The lowest BCUT2D eigenvalue weighted by atomic mass is 9.88. The Bertz CT molecular complexity index is 749. The number of nitrogens with zero attached hydrogens (tertiary/aromatic N) is 1. The Kier molecular flexibility index (Phi) is 11.0. The van der Waals surface area contributed by atoms with Crippen LogP contribution in [0.4, 0.5) is 5.69 Å². The minimum absolute atomic E-state index is 0.0546.